The molecule has 0 N–H and O–H groups in total. The molecule has 3 aromatic rings. The molecule has 0 bridgehead atoms. The summed E-state index contributed by atoms with van der Waals surface area (Å²) < 4.78 is 8.19. The molecule has 2 aliphatic rings. The highest BCUT2D eigenvalue weighted by Gasteiger charge is 2.38. The maximum absolute atomic E-state index is 12.8. The number of hydrogen-bond acceptors (Lipinski definition) is 3. The molecule has 1 amide bonds. The molecular formula is C25H28ClN3O2. The average molecular weight is 438 g/mol. The average Bonchev–Trinajstić information content (AvgIpc) is 3.51. The van der Waals surface area contributed by atoms with Crippen LogP contribution in [0, 0.1) is 0 Å². The molecule has 1 saturated heterocycles. The van der Waals surface area contributed by atoms with Gasteiger partial charge in [0.2, 0.25) is 5.91 Å². The fourth-order valence-corrected chi connectivity index (χ4v) is 5.18. The van der Waals surface area contributed by atoms with Gasteiger partial charge in [-0.25, -0.2) is 4.98 Å². The van der Waals surface area contributed by atoms with Crippen molar-refractivity contribution >= 4 is 28.5 Å². The third-order valence-corrected chi connectivity index (χ3v) is 6.83. The standard InChI is InChI=1S/C25H28ClN3O2/c26-19-10-12-21(13-11-19)31-15-5-14-28-23-9-4-3-8-22(23)27-25(28)18-16-24(30)29(17-18)20-6-1-2-7-20/h3-4,8-13,18,20H,1-2,5-7,14-17H2. The summed E-state index contributed by atoms with van der Waals surface area (Å²) in [4.78, 5) is 19.9. The van der Waals surface area contributed by atoms with E-state index in [9.17, 15) is 4.79 Å². The van der Waals surface area contributed by atoms with Gasteiger partial charge in [0, 0.05) is 36.5 Å². The Morgan fingerprint density at radius 1 is 1.06 bits per heavy atom. The molecule has 2 heterocycles. The van der Waals surface area contributed by atoms with Crippen LogP contribution in [-0.4, -0.2) is 39.6 Å². The van der Waals surface area contributed by atoms with Crippen molar-refractivity contribution in [3.63, 3.8) is 0 Å². The number of halogens is 1. The van der Waals surface area contributed by atoms with Gasteiger partial charge in [-0.3, -0.25) is 4.79 Å². The molecule has 2 fully saturated rings. The van der Waals surface area contributed by atoms with Crippen LogP contribution < -0.4 is 4.74 Å². The topological polar surface area (TPSA) is 47.4 Å². The van der Waals surface area contributed by atoms with Gasteiger partial charge in [0.25, 0.3) is 0 Å². The van der Waals surface area contributed by atoms with Gasteiger partial charge in [-0.15, -0.1) is 0 Å². The molecule has 0 radical (unpaired) electrons. The lowest BCUT2D eigenvalue weighted by molar-refractivity contribution is -0.129. The van der Waals surface area contributed by atoms with Gasteiger partial charge in [-0.2, -0.15) is 0 Å². The Morgan fingerprint density at radius 2 is 1.84 bits per heavy atom. The zero-order chi connectivity index (χ0) is 21.2. The van der Waals surface area contributed by atoms with E-state index in [0.29, 0.717) is 30.0 Å². The van der Waals surface area contributed by atoms with Gasteiger partial charge in [-0.1, -0.05) is 36.6 Å². The number of benzene rings is 2. The van der Waals surface area contributed by atoms with E-state index in [2.05, 4.69) is 27.7 Å². The number of para-hydroxylation sites is 2. The highest BCUT2D eigenvalue weighted by atomic mass is 35.5. The van der Waals surface area contributed by atoms with Gasteiger partial charge in [0.15, 0.2) is 0 Å². The van der Waals surface area contributed by atoms with E-state index in [4.69, 9.17) is 21.3 Å². The molecule has 6 heteroatoms. The molecule has 0 spiro atoms. The van der Waals surface area contributed by atoms with Gasteiger partial charge in [0.1, 0.15) is 11.6 Å². The molecule has 5 rings (SSSR count). The molecule has 162 valence electrons. The van der Waals surface area contributed by atoms with Gasteiger partial charge >= 0.3 is 0 Å². The number of hydrogen-bond donors (Lipinski definition) is 0. The van der Waals surface area contributed by atoms with Crippen molar-refractivity contribution in [2.45, 2.75) is 57.0 Å². The van der Waals surface area contributed by atoms with Gasteiger partial charge in [0.05, 0.1) is 17.6 Å². The van der Waals surface area contributed by atoms with E-state index in [-0.39, 0.29) is 5.92 Å². The first-order chi connectivity index (χ1) is 15.2. The largest absolute Gasteiger partial charge is 0.494 e. The lowest BCUT2D eigenvalue weighted by Gasteiger charge is -2.24. The van der Waals surface area contributed by atoms with E-state index in [0.717, 1.165) is 55.0 Å². The van der Waals surface area contributed by atoms with Crippen molar-refractivity contribution < 1.29 is 9.53 Å². The number of aryl methyl sites for hydroxylation is 1. The van der Waals surface area contributed by atoms with Crippen LogP contribution in [0.2, 0.25) is 5.02 Å². The molecule has 1 saturated carbocycles. The second-order valence-electron chi connectivity index (χ2n) is 8.65. The quantitative estimate of drug-likeness (QED) is 0.464. The predicted molar refractivity (Wildman–Crippen MR) is 123 cm³/mol. The Balaban J connectivity index is 1.31. The third-order valence-electron chi connectivity index (χ3n) is 6.58. The lowest BCUT2D eigenvalue weighted by Crippen LogP contribution is -2.34. The van der Waals surface area contributed by atoms with Crippen LogP contribution in [0.4, 0.5) is 0 Å². The molecule has 1 aromatic heterocycles. The van der Waals surface area contributed by atoms with Crippen LogP contribution in [0.5, 0.6) is 5.75 Å². The van der Waals surface area contributed by atoms with Crippen LogP contribution in [0.25, 0.3) is 11.0 Å². The van der Waals surface area contributed by atoms with Crippen molar-refractivity contribution in [1.82, 2.24) is 14.5 Å². The van der Waals surface area contributed by atoms with Crippen molar-refractivity contribution in [3.8, 4) is 5.75 Å². The summed E-state index contributed by atoms with van der Waals surface area (Å²) >= 11 is 5.94. The first-order valence-electron chi connectivity index (χ1n) is 11.3. The first kappa shape index (κ1) is 20.4. The molecule has 31 heavy (non-hydrogen) atoms. The van der Waals surface area contributed by atoms with Crippen LogP contribution in [-0.2, 0) is 11.3 Å². The Morgan fingerprint density at radius 3 is 2.65 bits per heavy atom. The Labute approximate surface area is 188 Å². The summed E-state index contributed by atoms with van der Waals surface area (Å²) in [5, 5.41) is 0.708. The SMILES string of the molecule is O=C1CC(c2nc3ccccc3n2CCCOc2ccc(Cl)cc2)CN1C1CCCC1. The van der Waals surface area contributed by atoms with Gasteiger partial charge in [-0.05, 0) is 55.7 Å². The molecule has 1 aliphatic carbocycles. The van der Waals surface area contributed by atoms with E-state index >= 15 is 0 Å². The lowest BCUT2D eigenvalue weighted by atomic mass is 10.1. The molecule has 1 atom stereocenters. The molecule has 5 nitrogen and oxygen atoms in total. The predicted octanol–water partition coefficient (Wildman–Crippen LogP) is 5.42. The van der Waals surface area contributed by atoms with E-state index in [1.54, 1.807) is 0 Å². The van der Waals surface area contributed by atoms with E-state index in [1.165, 1.54) is 12.8 Å². The summed E-state index contributed by atoms with van der Waals surface area (Å²) in [6.45, 7) is 2.23. The minimum absolute atomic E-state index is 0.165. The zero-order valence-electron chi connectivity index (χ0n) is 17.7. The van der Waals surface area contributed by atoms with Crippen LogP contribution in [0.15, 0.2) is 48.5 Å². The van der Waals surface area contributed by atoms with Gasteiger partial charge < -0.3 is 14.2 Å². The zero-order valence-corrected chi connectivity index (χ0v) is 18.4. The summed E-state index contributed by atoms with van der Waals surface area (Å²) in [5.41, 5.74) is 2.14. The van der Waals surface area contributed by atoms with Crippen LogP contribution in [0.1, 0.15) is 50.3 Å². The number of imidazole rings is 1. The second kappa shape index (κ2) is 8.91. The molecule has 1 aliphatic heterocycles. The van der Waals surface area contributed by atoms with E-state index in [1.807, 2.05) is 30.3 Å². The second-order valence-corrected chi connectivity index (χ2v) is 9.09. The highest BCUT2D eigenvalue weighted by Crippen LogP contribution is 2.35. The summed E-state index contributed by atoms with van der Waals surface area (Å²) in [6.07, 6.45) is 6.22. The van der Waals surface area contributed by atoms with Crippen molar-refractivity contribution in [2.24, 2.45) is 0 Å². The normalized spacial score (nSPS) is 19.6. The fourth-order valence-electron chi connectivity index (χ4n) is 5.06. The summed E-state index contributed by atoms with van der Waals surface area (Å²) in [7, 11) is 0. The Bertz CT molecular complexity index is 1060. The van der Waals surface area contributed by atoms with Crippen molar-refractivity contribution in [1.29, 1.82) is 0 Å². The number of carbonyl (C=O) groups excluding carboxylic acids is 1. The number of carbonyl (C=O) groups is 1. The number of fused-ring (bicyclic) bond motifs is 1. The third kappa shape index (κ3) is 4.29. The monoisotopic (exact) mass is 437 g/mol. The number of ether oxygens (including phenoxy) is 1. The van der Waals surface area contributed by atoms with Crippen molar-refractivity contribution in [2.75, 3.05) is 13.2 Å². The first-order valence-corrected chi connectivity index (χ1v) is 11.7. The maximum Gasteiger partial charge on any atom is 0.223 e. The number of nitrogens with zero attached hydrogens (tertiary/aromatic N) is 3. The number of rotatable bonds is 7. The number of aromatic nitrogens is 2. The Kier molecular flexibility index (Phi) is 5.86. The number of amides is 1. The number of likely N-dealkylation sites (tertiary alicyclic amines) is 1. The van der Waals surface area contributed by atoms with Crippen LogP contribution in [0.3, 0.4) is 0 Å². The maximum atomic E-state index is 12.8. The Hall–Kier alpha value is -2.53. The van der Waals surface area contributed by atoms with Crippen molar-refractivity contribution in [3.05, 3.63) is 59.4 Å². The van der Waals surface area contributed by atoms with E-state index < -0.39 is 0 Å². The highest BCUT2D eigenvalue weighted by molar-refractivity contribution is 6.30. The summed E-state index contributed by atoms with van der Waals surface area (Å²) in [5.74, 6) is 2.33. The minimum Gasteiger partial charge on any atom is -0.494 e. The summed E-state index contributed by atoms with van der Waals surface area (Å²) in [6, 6.07) is 16.2. The fraction of sp³-hybridized carbons (Fsp3) is 0.440. The molecule has 2 aromatic carbocycles. The minimum atomic E-state index is 0.165. The molecule has 1 unspecified atom stereocenters. The smallest absolute Gasteiger partial charge is 0.223 e. The molecular weight excluding hydrogens is 410 g/mol. The van der Waals surface area contributed by atoms with Crippen LogP contribution >= 0.6 is 11.6 Å².